The van der Waals surface area contributed by atoms with Gasteiger partial charge in [-0.3, -0.25) is 4.98 Å². The number of carbonyl (C=O) groups is 1. The molecule has 6 nitrogen and oxygen atoms in total. The van der Waals surface area contributed by atoms with Gasteiger partial charge in [0.15, 0.2) is 0 Å². The maximum absolute atomic E-state index is 11.0. The molecule has 0 atom stereocenters. The van der Waals surface area contributed by atoms with Gasteiger partial charge in [-0.15, -0.1) is 11.3 Å². The molecule has 134 valence electrons. The van der Waals surface area contributed by atoms with Gasteiger partial charge in [0.05, 0.1) is 23.2 Å². The highest BCUT2D eigenvalue weighted by Crippen LogP contribution is 2.31. The van der Waals surface area contributed by atoms with Gasteiger partial charge < -0.3 is 10.4 Å². The summed E-state index contributed by atoms with van der Waals surface area (Å²) < 4.78 is 0. The van der Waals surface area contributed by atoms with Crippen LogP contribution in [0.15, 0.2) is 60.4 Å². The van der Waals surface area contributed by atoms with E-state index in [4.69, 9.17) is 5.11 Å². The lowest BCUT2D eigenvalue weighted by molar-refractivity contribution is 0.0697. The fourth-order valence-electron chi connectivity index (χ4n) is 2.86. The lowest BCUT2D eigenvalue weighted by atomic mass is 10.0. The van der Waals surface area contributed by atoms with E-state index in [2.05, 4.69) is 25.6 Å². The first-order chi connectivity index (χ1) is 13.2. The molecule has 0 saturated heterocycles. The average Bonchev–Trinajstić information content (AvgIpc) is 3.11. The molecule has 4 aromatic rings. The summed E-state index contributed by atoms with van der Waals surface area (Å²) >= 11 is 1.58. The molecule has 7 heteroatoms. The highest BCUT2D eigenvalue weighted by molar-refractivity contribution is 7.17. The normalized spacial score (nSPS) is 10.8. The van der Waals surface area contributed by atoms with E-state index in [9.17, 15) is 4.79 Å². The molecule has 0 saturated carbocycles. The number of benzene rings is 1. The van der Waals surface area contributed by atoms with Crippen LogP contribution in [0.5, 0.6) is 0 Å². The lowest BCUT2D eigenvalue weighted by Crippen LogP contribution is -2.04. The van der Waals surface area contributed by atoms with Crippen LogP contribution in [0.2, 0.25) is 0 Å². The van der Waals surface area contributed by atoms with Crippen LogP contribution in [0, 0.1) is 0 Å². The Morgan fingerprint density at radius 1 is 1.07 bits per heavy atom. The molecule has 1 aromatic carbocycles. The third kappa shape index (κ3) is 3.78. The second kappa shape index (κ2) is 7.51. The van der Waals surface area contributed by atoms with Crippen molar-refractivity contribution in [2.45, 2.75) is 13.0 Å². The minimum atomic E-state index is -0.919. The molecule has 0 bridgehead atoms. The summed E-state index contributed by atoms with van der Waals surface area (Å²) in [5.74, 6) is -0.138. The van der Waals surface area contributed by atoms with Crippen molar-refractivity contribution >= 4 is 33.3 Å². The molecule has 27 heavy (non-hydrogen) atoms. The van der Waals surface area contributed by atoms with E-state index in [0.29, 0.717) is 13.0 Å². The first kappa shape index (κ1) is 17.1. The van der Waals surface area contributed by atoms with Gasteiger partial charge in [0, 0.05) is 6.20 Å². The first-order valence-electron chi connectivity index (χ1n) is 8.38. The second-order valence-electron chi connectivity index (χ2n) is 6.02. The highest BCUT2D eigenvalue weighted by Gasteiger charge is 2.12. The van der Waals surface area contributed by atoms with Gasteiger partial charge in [-0.2, -0.15) is 0 Å². The Hall–Kier alpha value is -3.32. The number of fused-ring (bicyclic) bond motifs is 1. The number of anilines is 1. The number of thiophene rings is 1. The molecule has 0 amide bonds. The average molecular weight is 376 g/mol. The molecular formula is C20H16N4O2S. The van der Waals surface area contributed by atoms with Crippen molar-refractivity contribution in [3.63, 3.8) is 0 Å². The molecule has 0 radical (unpaired) electrons. The molecule has 2 N–H and O–H groups in total. The third-order valence-electron chi connectivity index (χ3n) is 4.20. The van der Waals surface area contributed by atoms with Crippen molar-refractivity contribution in [1.82, 2.24) is 15.0 Å². The zero-order chi connectivity index (χ0) is 18.6. The number of aromatic carboxylic acids is 1. The van der Waals surface area contributed by atoms with Crippen LogP contribution >= 0.6 is 11.3 Å². The quantitative estimate of drug-likeness (QED) is 0.529. The van der Waals surface area contributed by atoms with Crippen LogP contribution in [0.4, 0.5) is 5.82 Å². The van der Waals surface area contributed by atoms with E-state index < -0.39 is 5.97 Å². The lowest BCUT2D eigenvalue weighted by Gasteiger charge is -2.08. The summed E-state index contributed by atoms with van der Waals surface area (Å²) in [7, 11) is 0. The van der Waals surface area contributed by atoms with Gasteiger partial charge in [0.2, 0.25) is 0 Å². The summed E-state index contributed by atoms with van der Waals surface area (Å²) in [5, 5.41) is 15.5. The molecule has 0 fully saturated rings. The van der Waals surface area contributed by atoms with Gasteiger partial charge in [0.1, 0.15) is 17.0 Å². The second-order valence-corrected chi connectivity index (χ2v) is 6.87. The number of hydrogen-bond donors (Lipinski definition) is 2. The van der Waals surface area contributed by atoms with E-state index in [-0.39, 0.29) is 5.56 Å². The topological polar surface area (TPSA) is 88.0 Å². The number of nitrogens with zero attached hydrogens (tertiary/aromatic N) is 3. The Morgan fingerprint density at radius 3 is 2.67 bits per heavy atom. The number of aromatic nitrogens is 3. The first-order valence-corrected chi connectivity index (χ1v) is 9.26. The van der Waals surface area contributed by atoms with E-state index >= 15 is 0 Å². The van der Waals surface area contributed by atoms with E-state index in [0.717, 1.165) is 32.9 Å². The Labute approximate surface area is 159 Å². The standard InChI is InChI=1S/C20H16N4O2S/c25-20(26)14-6-4-13(5-7-14)9-15-11-27-19-17(15)18(23-12-24-19)22-10-16-3-1-2-8-21-16/h1-8,11-12H,9-10H2,(H,25,26)(H,22,23,24). The fraction of sp³-hybridized carbons (Fsp3) is 0.100. The third-order valence-corrected chi connectivity index (χ3v) is 5.14. The molecule has 0 aliphatic heterocycles. The van der Waals surface area contributed by atoms with Gasteiger partial charge in [-0.1, -0.05) is 18.2 Å². The maximum Gasteiger partial charge on any atom is 0.335 e. The van der Waals surface area contributed by atoms with Crippen molar-refractivity contribution in [3.05, 3.63) is 82.8 Å². The van der Waals surface area contributed by atoms with Crippen molar-refractivity contribution in [3.8, 4) is 0 Å². The van der Waals surface area contributed by atoms with Gasteiger partial charge in [0.25, 0.3) is 0 Å². The fourth-order valence-corrected chi connectivity index (χ4v) is 3.77. The predicted molar refractivity (Wildman–Crippen MR) is 105 cm³/mol. The largest absolute Gasteiger partial charge is 0.478 e. The van der Waals surface area contributed by atoms with E-state index in [1.165, 1.54) is 0 Å². The number of carboxylic acids is 1. The molecule has 4 rings (SSSR count). The summed E-state index contributed by atoms with van der Waals surface area (Å²) in [4.78, 5) is 25.0. The number of hydrogen-bond acceptors (Lipinski definition) is 6. The van der Waals surface area contributed by atoms with Crippen LogP contribution in [0.3, 0.4) is 0 Å². The summed E-state index contributed by atoms with van der Waals surface area (Å²) in [6.07, 6.45) is 4.01. The van der Waals surface area contributed by atoms with E-state index in [1.54, 1.807) is 36.0 Å². The SMILES string of the molecule is O=C(O)c1ccc(Cc2csc3ncnc(NCc4ccccn4)c23)cc1. The van der Waals surface area contributed by atoms with Crippen molar-refractivity contribution in [2.24, 2.45) is 0 Å². The summed E-state index contributed by atoms with van der Waals surface area (Å²) in [6, 6.07) is 12.8. The minimum Gasteiger partial charge on any atom is -0.478 e. The van der Waals surface area contributed by atoms with Crippen molar-refractivity contribution in [1.29, 1.82) is 0 Å². The number of nitrogens with one attached hydrogen (secondary N) is 1. The zero-order valence-corrected chi connectivity index (χ0v) is 15.1. The Bertz CT molecular complexity index is 1080. The minimum absolute atomic E-state index is 0.287. The molecular weight excluding hydrogens is 360 g/mol. The molecule has 3 heterocycles. The Kier molecular flexibility index (Phi) is 4.76. The molecule has 0 aliphatic carbocycles. The number of rotatable bonds is 6. The number of pyridine rings is 1. The summed E-state index contributed by atoms with van der Waals surface area (Å²) in [6.45, 7) is 0.579. The van der Waals surface area contributed by atoms with E-state index in [1.807, 2.05) is 30.3 Å². The van der Waals surface area contributed by atoms with Crippen LogP contribution in [0.1, 0.15) is 27.2 Å². The monoisotopic (exact) mass is 376 g/mol. The smallest absolute Gasteiger partial charge is 0.335 e. The Balaban J connectivity index is 1.60. The Morgan fingerprint density at radius 2 is 1.93 bits per heavy atom. The molecule has 0 aliphatic rings. The van der Waals surface area contributed by atoms with Gasteiger partial charge in [-0.05, 0) is 47.2 Å². The summed E-state index contributed by atoms with van der Waals surface area (Å²) in [5.41, 5.74) is 3.38. The number of carboxylic acid groups (broad SMARTS) is 1. The van der Waals surface area contributed by atoms with Gasteiger partial charge in [-0.25, -0.2) is 14.8 Å². The van der Waals surface area contributed by atoms with Crippen LogP contribution in [0.25, 0.3) is 10.2 Å². The highest BCUT2D eigenvalue weighted by atomic mass is 32.1. The zero-order valence-electron chi connectivity index (χ0n) is 14.3. The molecule has 3 aromatic heterocycles. The predicted octanol–water partition coefficient (Wildman–Crippen LogP) is 3.99. The maximum atomic E-state index is 11.0. The van der Waals surface area contributed by atoms with Crippen LogP contribution in [-0.4, -0.2) is 26.0 Å². The van der Waals surface area contributed by atoms with Crippen molar-refractivity contribution in [2.75, 3.05) is 5.32 Å². The van der Waals surface area contributed by atoms with Crippen LogP contribution in [-0.2, 0) is 13.0 Å². The van der Waals surface area contributed by atoms with Crippen molar-refractivity contribution < 1.29 is 9.90 Å². The molecule has 0 unspecified atom stereocenters. The molecule has 0 spiro atoms. The van der Waals surface area contributed by atoms with Crippen LogP contribution < -0.4 is 5.32 Å². The van der Waals surface area contributed by atoms with Gasteiger partial charge >= 0.3 is 5.97 Å².